The number of thioether (sulfide) groups is 1. The molecule has 4 N–H and O–H groups in total. The Kier molecular flexibility index (Phi) is 10.3. The predicted octanol–water partition coefficient (Wildman–Crippen LogP) is 4.71. The van der Waals surface area contributed by atoms with Gasteiger partial charge >= 0.3 is 0 Å². The van der Waals surface area contributed by atoms with Gasteiger partial charge in [-0.2, -0.15) is 0 Å². The Morgan fingerprint density at radius 3 is 2.47 bits per heavy atom. The van der Waals surface area contributed by atoms with Crippen molar-refractivity contribution in [3.05, 3.63) is 66.4 Å². The summed E-state index contributed by atoms with van der Waals surface area (Å²) in [5.41, 5.74) is 10.1. The average molecular weight is 453 g/mol. The maximum Gasteiger partial charge on any atom is 0.269 e. The molecule has 0 atom stereocenters. The summed E-state index contributed by atoms with van der Waals surface area (Å²) in [5.74, 6) is 0.966. The third-order valence-corrected chi connectivity index (χ3v) is 5.69. The molecule has 0 spiro atoms. The number of aryl methyl sites for hydroxylation is 1. The van der Waals surface area contributed by atoms with Gasteiger partial charge in [0.1, 0.15) is 0 Å². The molecule has 1 amide bonds. The molecule has 0 heterocycles. The van der Waals surface area contributed by atoms with Crippen molar-refractivity contribution in [1.82, 2.24) is 10.9 Å². The molecule has 0 saturated heterocycles. The fourth-order valence-corrected chi connectivity index (χ4v) is 3.88. The first-order valence-electron chi connectivity index (χ1n) is 10.5. The van der Waals surface area contributed by atoms with Crippen LogP contribution in [0.15, 0.2) is 70.1 Å². The second-order valence-corrected chi connectivity index (χ2v) is 7.76. The van der Waals surface area contributed by atoms with E-state index in [9.17, 15) is 4.79 Å². The number of hydrogen-bond acceptors (Lipinski definition) is 6. The lowest BCUT2D eigenvalue weighted by Gasteiger charge is -2.13. The molecule has 2 aromatic rings. The fraction of sp³-hybridized carbons (Fsp3) is 0.292. The molecule has 0 radical (unpaired) electrons. The summed E-state index contributed by atoms with van der Waals surface area (Å²) in [6, 6.07) is 13.8. The van der Waals surface area contributed by atoms with Crippen molar-refractivity contribution >= 4 is 40.6 Å². The van der Waals surface area contributed by atoms with Crippen molar-refractivity contribution in [1.29, 1.82) is 0 Å². The van der Waals surface area contributed by atoms with E-state index in [-0.39, 0.29) is 5.91 Å². The highest BCUT2D eigenvalue weighted by molar-refractivity contribution is 7.99. The van der Waals surface area contributed by atoms with Crippen LogP contribution < -0.4 is 21.5 Å². The van der Waals surface area contributed by atoms with Gasteiger partial charge in [-0.3, -0.25) is 25.6 Å². The van der Waals surface area contributed by atoms with Gasteiger partial charge in [0.15, 0.2) is 5.84 Å². The van der Waals surface area contributed by atoms with E-state index in [2.05, 4.69) is 63.2 Å². The number of amidine groups is 1. The van der Waals surface area contributed by atoms with E-state index in [1.54, 1.807) is 30.9 Å². The lowest BCUT2D eigenvalue weighted by atomic mass is 10.1. The van der Waals surface area contributed by atoms with Crippen molar-refractivity contribution in [2.24, 2.45) is 9.98 Å². The van der Waals surface area contributed by atoms with Gasteiger partial charge in [-0.25, -0.2) is 0 Å². The monoisotopic (exact) mass is 452 g/mol. The normalized spacial score (nSPS) is 11.6. The van der Waals surface area contributed by atoms with Crippen LogP contribution in [-0.4, -0.2) is 37.4 Å². The number of benzene rings is 2. The predicted molar refractivity (Wildman–Crippen MR) is 138 cm³/mol. The van der Waals surface area contributed by atoms with Crippen molar-refractivity contribution in [3.63, 3.8) is 0 Å². The zero-order valence-corrected chi connectivity index (χ0v) is 20.0. The van der Waals surface area contributed by atoms with Crippen LogP contribution in [0.5, 0.6) is 0 Å². The summed E-state index contributed by atoms with van der Waals surface area (Å²) in [6.07, 6.45) is 3.13. The van der Waals surface area contributed by atoms with Gasteiger partial charge in [0.05, 0.1) is 11.6 Å². The molecule has 0 aliphatic carbocycles. The Morgan fingerprint density at radius 1 is 1.12 bits per heavy atom. The Labute approximate surface area is 194 Å². The highest BCUT2D eigenvalue weighted by Crippen LogP contribution is 2.28. The topological polar surface area (TPSA) is 89.9 Å². The second-order valence-electron chi connectivity index (χ2n) is 6.74. The number of aliphatic imine (C=N–C) groups is 2. The van der Waals surface area contributed by atoms with E-state index in [0.29, 0.717) is 29.4 Å². The van der Waals surface area contributed by atoms with Gasteiger partial charge in [-0.05, 0) is 54.8 Å². The molecule has 2 rings (SSSR count). The van der Waals surface area contributed by atoms with Crippen molar-refractivity contribution < 1.29 is 4.79 Å². The molecule has 0 aliphatic heterocycles. The molecular formula is C24H32N6OS. The molecule has 8 heteroatoms. The number of hydrazine groups is 1. The number of nitrogens with zero attached hydrogens (tertiary/aromatic N) is 2. The van der Waals surface area contributed by atoms with Gasteiger partial charge in [0.2, 0.25) is 0 Å². The molecule has 0 aliphatic rings. The third kappa shape index (κ3) is 7.16. The van der Waals surface area contributed by atoms with Crippen LogP contribution in [0, 0.1) is 0 Å². The number of rotatable bonds is 10. The Balaban J connectivity index is 1.91. The highest BCUT2D eigenvalue weighted by Gasteiger charge is 2.09. The van der Waals surface area contributed by atoms with E-state index in [4.69, 9.17) is 0 Å². The smallest absolute Gasteiger partial charge is 0.269 e. The fourth-order valence-electron chi connectivity index (χ4n) is 2.92. The molecular weight excluding hydrogens is 420 g/mol. The standard InChI is InChI=1S/C24H32N6OS/c1-6-17-9-14-21(25-4)22(15-17)32-16-28-19-12-10-18(11-13-19)24(31)30-29-23(26-5)20(7-2)27-8-3/h8-15,25,28H,3,6-7,16H2,1-2,4-5H3,(H,26,29)(H,30,31). The maximum absolute atomic E-state index is 12.5. The number of carbonyl (C=O) groups excluding carboxylic acids is 1. The Morgan fingerprint density at radius 2 is 1.88 bits per heavy atom. The quantitative estimate of drug-likeness (QED) is 0.138. The summed E-state index contributed by atoms with van der Waals surface area (Å²) in [6.45, 7) is 7.72. The average Bonchev–Trinajstić information content (AvgIpc) is 2.83. The van der Waals surface area contributed by atoms with Crippen molar-refractivity contribution in [2.75, 3.05) is 30.6 Å². The summed E-state index contributed by atoms with van der Waals surface area (Å²) >= 11 is 1.73. The van der Waals surface area contributed by atoms with Gasteiger partial charge in [0.25, 0.3) is 5.91 Å². The lowest BCUT2D eigenvalue weighted by Crippen LogP contribution is -2.44. The van der Waals surface area contributed by atoms with Crippen LogP contribution in [0.25, 0.3) is 0 Å². The largest absolute Gasteiger partial charge is 0.387 e. The van der Waals surface area contributed by atoms with Crippen LogP contribution in [-0.2, 0) is 6.42 Å². The third-order valence-electron chi connectivity index (χ3n) is 4.75. The molecule has 7 nitrogen and oxygen atoms in total. The second kappa shape index (κ2) is 13.2. The summed E-state index contributed by atoms with van der Waals surface area (Å²) < 4.78 is 0. The van der Waals surface area contributed by atoms with Crippen LogP contribution in [0.1, 0.15) is 36.2 Å². The summed E-state index contributed by atoms with van der Waals surface area (Å²) in [5, 5.41) is 6.63. The first-order chi connectivity index (χ1) is 15.6. The number of anilines is 2. The summed E-state index contributed by atoms with van der Waals surface area (Å²) in [7, 11) is 3.57. The molecule has 32 heavy (non-hydrogen) atoms. The van der Waals surface area contributed by atoms with Crippen LogP contribution in [0.2, 0.25) is 0 Å². The van der Waals surface area contributed by atoms with Crippen LogP contribution in [0.4, 0.5) is 11.4 Å². The van der Waals surface area contributed by atoms with E-state index < -0.39 is 0 Å². The molecule has 0 aromatic heterocycles. The maximum atomic E-state index is 12.5. The minimum atomic E-state index is -0.254. The van der Waals surface area contributed by atoms with E-state index in [1.165, 1.54) is 16.7 Å². The number of hydrogen-bond donors (Lipinski definition) is 4. The Hall–Kier alpha value is -3.26. The number of carbonyl (C=O) groups is 1. The van der Waals surface area contributed by atoms with Gasteiger partial charge in [0, 0.05) is 42.1 Å². The zero-order chi connectivity index (χ0) is 23.3. The number of amides is 1. The molecule has 0 saturated carbocycles. The van der Waals surface area contributed by atoms with E-state index in [0.717, 1.165) is 17.8 Å². The van der Waals surface area contributed by atoms with Crippen LogP contribution >= 0.6 is 11.8 Å². The lowest BCUT2D eigenvalue weighted by molar-refractivity contribution is 0.0944. The zero-order valence-electron chi connectivity index (χ0n) is 19.2. The van der Waals surface area contributed by atoms with Crippen molar-refractivity contribution in [3.8, 4) is 0 Å². The molecule has 0 bridgehead atoms. The summed E-state index contributed by atoms with van der Waals surface area (Å²) in [4.78, 5) is 22.0. The minimum absolute atomic E-state index is 0.254. The SMILES string of the molecule is C=CN=C(CC)C(=NC)NNC(=O)c1ccc(NCSc2cc(CC)ccc2NC)cc1. The first-order valence-corrected chi connectivity index (χ1v) is 11.5. The van der Waals surface area contributed by atoms with Gasteiger partial charge in [-0.15, -0.1) is 11.8 Å². The molecule has 2 aromatic carbocycles. The molecule has 170 valence electrons. The molecule has 0 unspecified atom stereocenters. The van der Waals surface area contributed by atoms with Crippen LogP contribution in [0.3, 0.4) is 0 Å². The molecule has 0 fully saturated rings. The van der Waals surface area contributed by atoms with Gasteiger partial charge < -0.3 is 10.6 Å². The first kappa shape index (κ1) is 25.0. The highest BCUT2D eigenvalue weighted by atomic mass is 32.2. The minimum Gasteiger partial charge on any atom is -0.387 e. The van der Waals surface area contributed by atoms with E-state index >= 15 is 0 Å². The van der Waals surface area contributed by atoms with Gasteiger partial charge in [-0.1, -0.05) is 26.5 Å². The number of nitrogens with one attached hydrogen (secondary N) is 4. The Bertz CT molecular complexity index is 969. The van der Waals surface area contributed by atoms with Crippen molar-refractivity contribution in [2.45, 2.75) is 31.6 Å². The van der Waals surface area contributed by atoms with E-state index in [1.807, 2.05) is 26.1 Å².